The first-order chi connectivity index (χ1) is 9.11. The largest absolute Gasteiger partial charge is 0.478 e. The Labute approximate surface area is 111 Å². The molecule has 0 unspecified atom stereocenters. The van der Waals surface area contributed by atoms with Gasteiger partial charge in [-0.1, -0.05) is 0 Å². The molecule has 2 aromatic rings. The van der Waals surface area contributed by atoms with Crippen molar-refractivity contribution in [1.82, 2.24) is 9.78 Å². The van der Waals surface area contributed by atoms with Crippen LogP contribution in [0.25, 0.3) is 0 Å². The molecule has 2 N–H and O–H groups in total. The van der Waals surface area contributed by atoms with Gasteiger partial charge in [0, 0.05) is 18.4 Å². The number of carboxylic acid groups (broad SMARTS) is 1. The number of aromatic carboxylic acids is 1. The van der Waals surface area contributed by atoms with Crippen LogP contribution in [-0.4, -0.2) is 20.9 Å². The Kier molecular flexibility index (Phi) is 3.85. The summed E-state index contributed by atoms with van der Waals surface area (Å²) in [5.41, 5.74) is 3.27. The highest BCUT2D eigenvalue weighted by Crippen LogP contribution is 2.17. The van der Waals surface area contributed by atoms with Crippen molar-refractivity contribution in [3.05, 3.63) is 47.3 Å². The number of carboxylic acids is 1. The summed E-state index contributed by atoms with van der Waals surface area (Å²) in [6.45, 7) is 5.44. The minimum Gasteiger partial charge on any atom is -0.478 e. The van der Waals surface area contributed by atoms with E-state index in [0.717, 1.165) is 23.5 Å². The topological polar surface area (TPSA) is 67.2 Å². The van der Waals surface area contributed by atoms with Gasteiger partial charge in [-0.3, -0.25) is 4.68 Å². The summed E-state index contributed by atoms with van der Waals surface area (Å²) in [4.78, 5) is 10.9. The Hall–Kier alpha value is -2.30. The molecule has 0 atom stereocenters. The molecule has 0 saturated heterocycles. The predicted octanol–water partition coefficient (Wildman–Crippen LogP) is 2.52. The van der Waals surface area contributed by atoms with Gasteiger partial charge in [0.25, 0.3) is 0 Å². The molecule has 0 spiro atoms. The molecule has 5 nitrogen and oxygen atoms in total. The van der Waals surface area contributed by atoms with Crippen molar-refractivity contribution >= 4 is 11.7 Å². The second-order valence-corrected chi connectivity index (χ2v) is 4.33. The van der Waals surface area contributed by atoms with E-state index < -0.39 is 5.97 Å². The van der Waals surface area contributed by atoms with Crippen molar-refractivity contribution in [2.75, 3.05) is 5.32 Å². The van der Waals surface area contributed by atoms with Crippen molar-refractivity contribution in [3.8, 4) is 0 Å². The van der Waals surface area contributed by atoms with E-state index in [1.54, 1.807) is 24.4 Å². The first kappa shape index (κ1) is 13.1. The van der Waals surface area contributed by atoms with Gasteiger partial charge in [0.1, 0.15) is 0 Å². The van der Waals surface area contributed by atoms with Gasteiger partial charge in [-0.15, -0.1) is 0 Å². The predicted molar refractivity (Wildman–Crippen MR) is 73.4 cm³/mol. The summed E-state index contributed by atoms with van der Waals surface area (Å²) in [6, 6.07) is 7.04. The molecule has 0 bridgehead atoms. The fourth-order valence-electron chi connectivity index (χ4n) is 1.98. The Morgan fingerprint density at radius 3 is 2.84 bits per heavy atom. The van der Waals surface area contributed by atoms with Crippen LogP contribution in [0.2, 0.25) is 0 Å². The highest BCUT2D eigenvalue weighted by Gasteiger charge is 2.06. The average Bonchev–Trinajstić information content (AvgIpc) is 2.84. The number of hydrogen-bond donors (Lipinski definition) is 2. The lowest BCUT2D eigenvalue weighted by Crippen LogP contribution is -2.08. The van der Waals surface area contributed by atoms with Gasteiger partial charge in [0.2, 0.25) is 0 Å². The molecule has 5 heteroatoms. The molecule has 1 aromatic heterocycles. The number of nitrogens with one attached hydrogen (secondary N) is 1. The highest BCUT2D eigenvalue weighted by molar-refractivity contribution is 5.88. The fourth-order valence-corrected chi connectivity index (χ4v) is 1.98. The zero-order valence-electron chi connectivity index (χ0n) is 11.1. The van der Waals surface area contributed by atoms with Crippen molar-refractivity contribution in [2.45, 2.75) is 26.9 Å². The lowest BCUT2D eigenvalue weighted by atomic mass is 10.1. The van der Waals surface area contributed by atoms with E-state index in [0.29, 0.717) is 12.1 Å². The summed E-state index contributed by atoms with van der Waals surface area (Å²) in [5, 5.41) is 16.4. The minimum atomic E-state index is -0.904. The summed E-state index contributed by atoms with van der Waals surface area (Å²) in [5.74, 6) is -0.904. The lowest BCUT2D eigenvalue weighted by Gasteiger charge is -2.11. The molecule has 19 heavy (non-hydrogen) atoms. The maximum Gasteiger partial charge on any atom is 0.335 e. The van der Waals surface area contributed by atoms with Crippen LogP contribution in [0, 0.1) is 6.92 Å². The summed E-state index contributed by atoms with van der Waals surface area (Å²) in [7, 11) is 0. The molecule has 0 amide bonds. The standard InChI is InChI=1S/C14H17N3O2/c1-3-17-12(6-7-16-17)9-15-13-5-4-11(14(18)19)8-10(13)2/h4-8,15H,3,9H2,1-2H3,(H,18,19). The zero-order valence-corrected chi connectivity index (χ0v) is 11.1. The Balaban J connectivity index is 2.10. The van der Waals surface area contributed by atoms with Crippen LogP contribution in [-0.2, 0) is 13.1 Å². The van der Waals surface area contributed by atoms with Crippen LogP contribution in [0.3, 0.4) is 0 Å². The molecule has 100 valence electrons. The van der Waals surface area contributed by atoms with Gasteiger partial charge in [0.05, 0.1) is 17.8 Å². The second kappa shape index (κ2) is 5.56. The van der Waals surface area contributed by atoms with Gasteiger partial charge in [-0.2, -0.15) is 5.10 Å². The van der Waals surface area contributed by atoms with Crippen molar-refractivity contribution in [3.63, 3.8) is 0 Å². The molecule has 1 aromatic carbocycles. The molecule has 0 saturated carbocycles. The molecule has 0 radical (unpaired) electrons. The number of benzene rings is 1. The second-order valence-electron chi connectivity index (χ2n) is 4.33. The third-order valence-corrected chi connectivity index (χ3v) is 3.04. The first-order valence-electron chi connectivity index (χ1n) is 6.20. The lowest BCUT2D eigenvalue weighted by molar-refractivity contribution is 0.0697. The SMILES string of the molecule is CCn1nccc1CNc1ccc(C(=O)O)cc1C. The van der Waals surface area contributed by atoms with E-state index in [9.17, 15) is 4.79 Å². The van der Waals surface area contributed by atoms with Crippen LogP contribution in [0.15, 0.2) is 30.5 Å². The molecular formula is C14H17N3O2. The number of nitrogens with zero attached hydrogens (tertiary/aromatic N) is 2. The maximum atomic E-state index is 10.9. The number of carbonyl (C=O) groups is 1. The summed E-state index contributed by atoms with van der Waals surface area (Å²) in [6.07, 6.45) is 1.78. The highest BCUT2D eigenvalue weighted by atomic mass is 16.4. The quantitative estimate of drug-likeness (QED) is 0.865. The molecule has 1 heterocycles. The van der Waals surface area contributed by atoms with Crippen molar-refractivity contribution in [1.29, 1.82) is 0 Å². The molecule has 0 aliphatic rings. The Morgan fingerprint density at radius 2 is 2.21 bits per heavy atom. The van der Waals surface area contributed by atoms with E-state index in [2.05, 4.69) is 10.4 Å². The van der Waals surface area contributed by atoms with Gasteiger partial charge in [-0.25, -0.2) is 4.79 Å². The van der Waals surface area contributed by atoms with E-state index >= 15 is 0 Å². The van der Waals surface area contributed by atoms with Crippen molar-refractivity contribution < 1.29 is 9.90 Å². The number of hydrogen-bond acceptors (Lipinski definition) is 3. The van der Waals surface area contributed by atoms with Crippen molar-refractivity contribution in [2.24, 2.45) is 0 Å². The monoisotopic (exact) mass is 259 g/mol. The normalized spacial score (nSPS) is 10.4. The molecule has 2 rings (SSSR count). The van der Waals surface area contributed by atoms with Gasteiger partial charge in [-0.05, 0) is 43.7 Å². The van der Waals surface area contributed by atoms with Crippen LogP contribution in [0.4, 0.5) is 5.69 Å². The van der Waals surface area contributed by atoms with E-state index in [1.807, 2.05) is 24.6 Å². The van der Waals surface area contributed by atoms with Gasteiger partial charge in [0.15, 0.2) is 0 Å². The summed E-state index contributed by atoms with van der Waals surface area (Å²) >= 11 is 0. The van der Waals surface area contributed by atoms with Crippen LogP contribution < -0.4 is 5.32 Å². The Bertz CT molecular complexity index is 590. The maximum absolute atomic E-state index is 10.9. The number of rotatable bonds is 5. The molecular weight excluding hydrogens is 242 g/mol. The minimum absolute atomic E-state index is 0.307. The number of aryl methyl sites for hydroxylation is 2. The first-order valence-corrected chi connectivity index (χ1v) is 6.20. The van der Waals surface area contributed by atoms with Crippen LogP contribution >= 0.6 is 0 Å². The third-order valence-electron chi connectivity index (χ3n) is 3.04. The smallest absolute Gasteiger partial charge is 0.335 e. The zero-order chi connectivity index (χ0) is 13.8. The average molecular weight is 259 g/mol. The van der Waals surface area contributed by atoms with E-state index in [4.69, 9.17) is 5.11 Å². The van der Waals surface area contributed by atoms with Crippen LogP contribution in [0.5, 0.6) is 0 Å². The number of anilines is 1. The Morgan fingerprint density at radius 1 is 1.42 bits per heavy atom. The van der Waals surface area contributed by atoms with E-state index in [-0.39, 0.29) is 0 Å². The van der Waals surface area contributed by atoms with Gasteiger partial charge < -0.3 is 10.4 Å². The number of aromatic nitrogens is 2. The fraction of sp³-hybridized carbons (Fsp3) is 0.286. The van der Waals surface area contributed by atoms with Gasteiger partial charge >= 0.3 is 5.97 Å². The molecule has 0 aliphatic heterocycles. The molecule has 0 fully saturated rings. The third kappa shape index (κ3) is 2.93. The van der Waals surface area contributed by atoms with E-state index in [1.165, 1.54) is 0 Å². The molecule has 0 aliphatic carbocycles. The summed E-state index contributed by atoms with van der Waals surface area (Å²) < 4.78 is 1.92. The van der Waals surface area contributed by atoms with Crippen LogP contribution in [0.1, 0.15) is 28.5 Å².